The van der Waals surface area contributed by atoms with Crippen LogP contribution in [0, 0.1) is 5.41 Å². The van der Waals surface area contributed by atoms with E-state index in [9.17, 15) is 9.59 Å². The van der Waals surface area contributed by atoms with Gasteiger partial charge in [-0.1, -0.05) is 6.92 Å². The third-order valence-electron chi connectivity index (χ3n) is 3.07. The Bertz CT molecular complexity index is 441. The molecular weight excluding hydrogens is 234 g/mol. The number of phenols is 1. The average molecular weight is 251 g/mol. The molecule has 0 aliphatic rings. The van der Waals surface area contributed by atoms with Crippen LogP contribution in [0.5, 0.6) is 5.75 Å². The van der Waals surface area contributed by atoms with E-state index in [-0.39, 0.29) is 18.2 Å². The summed E-state index contributed by atoms with van der Waals surface area (Å²) in [6.07, 6.45) is 0.429. The number of carboxylic acid groups (broad SMARTS) is 1. The summed E-state index contributed by atoms with van der Waals surface area (Å²) in [6, 6.07) is 5.78. The molecule has 1 aromatic rings. The van der Waals surface area contributed by atoms with Gasteiger partial charge in [-0.05, 0) is 37.6 Å². The fraction of sp³-hybridized carbons (Fsp3) is 0.385. The Morgan fingerprint density at radius 3 is 2.28 bits per heavy atom. The minimum absolute atomic E-state index is 0.0680. The molecule has 0 saturated carbocycles. The molecule has 0 bridgehead atoms. The molecule has 98 valence electrons. The van der Waals surface area contributed by atoms with E-state index in [1.165, 1.54) is 24.3 Å². The van der Waals surface area contributed by atoms with Crippen molar-refractivity contribution in [3.63, 3.8) is 0 Å². The van der Waals surface area contributed by atoms with Crippen molar-refractivity contribution in [2.24, 2.45) is 5.41 Å². The number of hydrogen-bond donors (Lipinski definition) is 3. The second kappa shape index (κ2) is 5.53. The van der Waals surface area contributed by atoms with Crippen molar-refractivity contribution in [1.82, 2.24) is 5.32 Å². The number of rotatable bonds is 5. The first-order valence-electron chi connectivity index (χ1n) is 5.69. The van der Waals surface area contributed by atoms with Crippen molar-refractivity contribution in [2.45, 2.75) is 20.3 Å². The lowest BCUT2D eigenvalue weighted by atomic mass is 9.87. The minimum Gasteiger partial charge on any atom is -0.508 e. The summed E-state index contributed by atoms with van der Waals surface area (Å²) in [7, 11) is 0. The van der Waals surface area contributed by atoms with Gasteiger partial charge in [-0.25, -0.2) is 0 Å². The number of benzene rings is 1. The largest absolute Gasteiger partial charge is 0.508 e. The zero-order valence-electron chi connectivity index (χ0n) is 10.4. The molecule has 1 atom stereocenters. The van der Waals surface area contributed by atoms with Crippen LogP contribution < -0.4 is 5.32 Å². The second-order valence-corrected chi connectivity index (χ2v) is 4.45. The summed E-state index contributed by atoms with van der Waals surface area (Å²) in [6.45, 7) is 3.42. The molecule has 3 N–H and O–H groups in total. The van der Waals surface area contributed by atoms with Crippen molar-refractivity contribution in [3.05, 3.63) is 29.8 Å². The molecule has 1 rings (SSSR count). The highest BCUT2D eigenvalue weighted by molar-refractivity contribution is 5.94. The lowest BCUT2D eigenvalue weighted by molar-refractivity contribution is -0.147. The Balaban J connectivity index is 2.66. The highest BCUT2D eigenvalue weighted by Crippen LogP contribution is 2.20. The Labute approximate surface area is 105 Å². The van der Waals surface area contributed by atoms with Gasteiger partial charge in [-0.3, -0.25) is 9.59 Å². The molecule has 0 heterocycles. The number of carboxylic acids is 1. The van der Waals surface area contributed by atoms with Crippen molar-refractivity contribution in [2.75, 3.05) is 6.54 Å². The van der Waals surface area contributed by atoms with Crippen LogP contribution in [0.4, 0.5) is 0 Å². The molecule has 5 nitrogen and oxygen atoms in total. The molecule has 0 aliphatic heterocycles. The molecule has 0 radical (unpaired) electrons. The van der Waals surface area contributed by atoms with Gasteiger partial charge in [0, 0.05) is 12.1 Å². The van der Waals surface area contributed by atoms with Gasteiger partial charge in [-0.15, -0.1) is 0 Å². The molecule has 5 heteroatoms. The summed E-state index contributed by atoms with van der Waals surface area (Å²) in [5, 5.41) is 20.8. The smallest absolute Gasteiger partial charge is 0.311 e. The lowest BCUT2D eigenvalue weighted by Gasteiger charge is -2.23. The molecule has 0 aliphatic carbocycles. The summed E-state index contributed by atoms with van der Waals surface area (Å²) < 4.78 is 0. The van der Waals surface area contributed by atoms with Crippen LogP contribution in [0.25, 0.3) is 0 Å². The Morgan fingerprint density at radius 1 is 1.28 bits per heavy atom. The monoisotopic (exact) mass is 251 g/mol. The molecule has 1 aromatic carbocycles. The molecule has 1 amide bonds. The molecule has 1 unspecified atom stereocenters. The fourth-order valence-electron chi connectivity index (χ4n) is 1.34. The Kier molecular flexibility index (Phi) is 4.31. The van der Waals surface area contributed by atoms with E-state index in [4.69, 9.17) is 10.2 Å². The van der Waals surface area contributed by atoms with Gasteiger partial charge >= 0.3 is 5.97 Å². The number of nitrogens with one attached hydrogen (secondary N) is 1. The number of carbonyl (C=O) groups is 2. The highest BCUT2D eigenvalue weighted by Gasteiger charge is 2.31. The summed E-state index contributed by atoms with van der Waals surface area (Å²) in [5.74, 6) is -1.21. The van der Waals surface area contributed by atoms with E-state index in [1.807, 2.05) is 0 Å². The van der Waals surface area contributed by atoms with E-state index in [0.29, 0.717) is 12.0 Å². The summed E-state index contributed by atoms with van der Waals surface area (Å²) in [5.41, 5.74) is -0.580. The normalized spacial score (nSPS) is 13.7. The number of phenolic OH excluding ortho intramolecular Hbond substituents is 1. The van der Waals surface area contributed by atoms with E-state index < -0.39 is 11.4 Å². The average Bonchev–Trinajstić information content (AvgIpc) is 2.36. The van der Waals surface area contributed by atoms with Gasteiger partial charge in [0.15, 0.2) is 0 Å². The first-order chi connectivity index (χ1) is 8.39. The van der Waals surface area contributed by atoms with Gasteiger partial charge in [-0.2, -0.15) is 0 Å². The Hall–Kier alpha value is -2.04. The summed E-state index contributed by atoms with van der Waals surface area (Å²) >= 11 is 0. The molecule has 18 heavy (non-hydrogen) atoms. The quantitative estimate of drug-likeness (QED) is 0.742. The van der Waals surface area contributed by atoms with Crippen LogP contribution in [0.15, 0.2) is 24.3 Å². The maximum atomic E-state index is 11.8. The van der Waals surface area contributed by atoms with Crippen LogP contribution in [-0.2, 0) is 4.79 Å². The van der Waals surface area contributed by atoms with E-state index in [2.05, 4.69) is 5.32 Å². The highest BCUT2D eigenvalue weighted by atomic mass is 16.4. The maximum Gasteiger partial charge on any atom is 0.311 e. The van der Waals surface area contributed by atoms with Crippen LogP contribution in [-0.4, -0.2) is 28.6 Å². The number of hydrogen-bond acceptors (Lipinski definition) is 3. The minimum atomic E-state index is -0.966. The van der Waals surface area contributed by atoms with Gasteiger partial charge in [0.25, 0.3) is 5.91 Å². The molecule has 0 spiro atoms. The SMILES string of the molecule is CCC(C)(CNC(=O)c1ccc(O)cc1)C(=O)O. The lowest BCUT2D eigenvalue weighted by Crippen LogP contribution is -2.40. The van der Waals surface area contributed by atoms with Gasteiger partial charge in [0.05, 0.1) is 5.41 Å². The first-order valence-corrected chi connectivity index (χ1v) is 5.69. The van der Waals surface area contributed by atoms with Crippen molar-refractivity contribution >= 4 is 11.9 Å². The number of carbonyl (C=O) groups excluding carboxylic acids is 1. The zero-order chi connectivity index (χ0) is 13.8. The van der Waals surface area contributed by atoms with E-state index >= 15 is 0 Å². The topological polar surface area (TPSA) is 86.6 Å². The van der Waals surface area contributed by atoms with Gasteiger partial charge in [0.1, 0.15) is 5.75 Å². The number of amides is 1. The van der Waals surface area contributed by atoms with Crippen LogP contribution in [0.3, 0.4) is 0 Å². The van der Waals surface area contributed by atoms with E-state index in [1.54, 1.807) is 13.8 Å². The molecular formula is C13H17NO4. The van der Waals surface area contributed by atoms with Crippen molar-refractivity contribution in [3.8, 4) is 5.75 Å². The molecule has 0 aromatic heterocycles. The van der Waals surface area contributed by atoms with Crippen LogP contribution in [0.2, 0.25) is 0 Å². The molecule has 0 saturated heterocycles. The van der Waals surface area contributed by atoms with Crippen LogP contribution in [0.1, 0.15) is 30.6 Å². The predicted molar refractivity (Wildman–Crippen MR) is 66.5 cm³/mol. The van der Waals surface area contributed by atoms with Crippen molar-refractivity contribution in [1.29, 1.82) is 0 Å². The third-order valence-corrected chi connectivity index (χ3v) is 3.07. The maximum absolute atomic E-state index is 11.8. The number of aromatic hydroxyl groups is 1. The molecule has 0 fully saturated rings. The van der Waals surface area contributed by atoms with Gasteiger partial charge < -0.3 is 15.5 Å². The van der Waals surface area contributed by atoms with Crippen LogP contribution >= 0.6 is 0 Å². The third kappa shape index (κ3) is 3.23. The predicted octanol–water partition coefficient (Wildman–Crippen LogP) is 1.62. The fourth-order valence-corrected chi connectivity index (χ4v) is 1.34. The van der Waals surface area contributed by atoms with Gasteiger partial charge in [0.2, 0.25) is 0 Å². The zero-order valence-corrected chi connectivity index (χ0v) is 10.4. The first kappa shape index (κ1) is 14.0. The second-order valence-electron chi connectivity index (χ2n) is 4.45. The van der Waals surface area contributed by atoms with Crippen molar-refractivity contribution < 1.29 is 19.8 Å². The summed E-state index contributed by atoms with van der Waals surface area (Å²) in [4.78, 5) is 22.8. The van der Waals surface area contributed by atoms with E-state index in [0.717, 1.165) is 0 Å². The Morgan fingerprint density at radius 2 is 1.83 bits per heavy atom. The number of aliphatic carboxylic acids is 1. The standard InChI is InChI=1S/C13H17NO4/c1-3-13(2,12(17)18)8-14-11(16)9-4-6-10(15)7-5-9/h4-7,15H,3,8H2,1-2H3,(H,14,16)(H,17,18).